The van der Waals surface area contributed by atoms with Crippen LogP contribution >= 0.6 is 0 Å². The molecule has 1 aliphatic carbocycles. The Morgan fingerprint density at radius 1 is 1.38 bits per heavy atom. The van der Waals surface area contributed by atoms with Crippen LogP contribution in [0.15, 0.2) is 18.2 Å². The second-order valence-electron chi connectivity index (χ2n) is 5.53. The molecule has 1 aromatic carbocycles. The van der Waals surface area contributed by atoms with Gasteiger partial charge in [-0.3, -0.25) is 0 Å². The highest BCUT2D eigenvalue weighted by atomic mass is 19.1. The first kappa shape index (κ1) is 11.1. The van der Waals surface area contributed by atoms with Gasteiger partial charge in [0.1, 0.15) is 5.82 Å². The molecule has 0 spiro atoms. The molecule has 2 atom stereocenters. The number of nitriles is 1. The number of halogens is 1. The molecule has 0 aromatic heterocycles. The van der Waals surface area contributed by atoms with Crippen LogP contribution in [0.2, 0.25) is 0 Å². The van der Waals surface area contributed by atoms with Crippen LogP contribution in [0.3, 0.4) is 0 Å². The Labute approximate surface area is 95.9 Å². The van der Waals surface area contributed by atoms with Gasteiger partial charge < -0.3 is 0 Å². The van der Waals surface area contributed by atoms with Crippen LogP contribution in [-0.4, -0.2) is 0 Å². The summed E-state index contributed by atoms with van der Waals surface area (Å²) in [4.78, 5) is 0. The van der Waals surface area contributed by atoms with E-state index in [1.54, 1.807) is 6.07 Å². The lowest BCUT2D eigenvalue weighted by atomic mass is 9.82. The molecule has 1 saturated carbocycles. The van der Waals surface area contributed by atoms with Crippen molar-refractivity contribution in [3.8, 4) is 6.07 Å². The Balaban J connectivity index is 2.47. The highest BCUT2D eigenvalue weighted by Gasteiger charge is 2.41. The van der Waals surface area contributed by atoms with E-state index >= 15 is 0 Å². The molecule has 2 rings (SSSR count). The minimum absolute atomic E-state index is 0.0860. The molecule has 16 heavy (non-hydrogen) atoms. The molecular formula is C14H16FN. The lowest BCUT2D eigenvalue weighted by Crippen LogP contribution is -2.16. The van der Waals surface area contributed by atoms with Crippen LogP contribution in [0, 0.1) is 23.1 Å². The van der Waals surface area contributed by atoms with Crippen molar-refractivity contribution in [1.29, 1.82) is 5.26 Å². The lowest BCUT2D eigenvalue weighted by molar-refractivity contribution is 0.516. The van der Waals surface area contributed by atoms with E-state index in [-0.39, 0.29) is 23.1 Å². The molecule has 2 heteroatoms. The molecule has 0 N–H and O–H groups in total. The Kier molecular flexibility index (Phi) is 2.50. The molecule has 2 unspecified atom stereocenters. The average Bonchev–Trinajstić information content (AvgIpc) is 2.94. The highest BCUT2D eigenvalue weighted by molar-refractivity contribution is 5.41. The van der Waals surface area contributed by atoms with Gasteiger partial charge in [-0.2, -0.15) is 5.26 Å². The molecule has 0 bridgehead atoms. The van der Waals surface area contributed by atoms with Crippen molar-refractivity contribution < 1.29 is 4.39 Å². The van der Waals surface area contributed by atoms with E-state index in [4.69, 9.17) is 5.26 Å². The van der Waals surface area contributed by atoms with Crippen molar-refractivity contribution in [2.45, 2.75) is 38.5 Å². The SMILES string of the molecule is CC(C)(C)c1c(F)cccc1C1CC1C#N. The third-order valence-electron chi connectivity index (χ3n) is 3.15. The summed E-state index contributed by atoms with van der Waals surface area (Å²) in [7, 11) is 0. The Bertz CT molecular complexity index is 451. The molecule has 1 aliphatic rings. The van der Waals surface area contributed by atoms with Crippen LogP contribution in [0.5, 0.6) is 0 Å². The van der Waals surface area contributed by atoms with Crippen molar-refractivity contribution in [2.75, 3.05) is 0 Å². The van der Waals surface area contributed by atoms with Crippen molar-refractivity contribution in [3.63, 3.8) is 0 Å². The quantitative estimate of drug-likeness (QED) is 0.702. The van der Waals surface area contributed by atoms with Gasteiger partial charge in [-0.25, -0.2) is 4.39 Å². The summed E-state index contributed by atoms with van der Waals surface area (Å²) >= 11 is 0. The van der Waals surface area contributed by atoms with Gasteiger partial charge in [0.2, 0.25) is 0 Å². The van der Waals surface area contributed by atoms with E-state index in [0.717, 1.165) is 17.5 Å². The van der Waals surface area contributed by atoms with Gasteiger partial charge in [0.25, 0.3) is 0 Å². The predicted molar refractivity (Wildman–Crippen MR) is 61.6 cm³/mol. The minimum atomic E-state index is -0.205. The molecule has 84 valence electrons. The largest absolute Gasteiger partial charge is 0.207 e. The van der Waals surface area contributed by atoms with Crippen molar-refractivity contribution in [1.82, 2.24) is 0 Å². The third-order valence-corrected chi connectivity index (χ3v) is 3.15. The van der Waals surface area contributed by atoms with E-state index in [9.17, 15) is 4.39 Å². The molecule has 1 aromatic rings. The number of hydrogen-bond acceptors (Lipinski definition) is 1. The van der Waals surface area contributed by atoms with Gasteiger partial charge >= 0.3 is 0 Å². The zero-order valence-corrected chi connectivity index (χ0v) is 9.92. The fraction of sp³-hybridized carbons (Fsp3) is 0.500. The first-order valence-electron chi connectivity index (χ1n) is 5.63. The van der Waals surface area contributed by atoms with E-state index in [1.807, 2.05) is 26.8 Å². The number of benzene rings is 1. The van der Waals surface area contributed by atoms with Crippen LogP contribution < -0.4 is 0 Å². The topological polar surface area (TPSA) is 23.8 Å². The van der Waals surface area contributed by atoms with E-state index < -0.39 is 0 Å². The molecular weight excluding hydrogens is 201 g/mol. The minimum Gasteiger partial charge on any atom is -0.207 e. The number of rotatable bonds is 1. The van der Waals surface area contributed by atoms with Crippen LogP contribution in [-0.2, 0) is 5.41 Å². The second kappa shape index (κ2) is 3.59. The maximum atomic E-state index is 13.9. The van der Waals surface area contributed by atoms with E-state index in [1.165, 1.54) is 6.07 Å². The molecule has 1 nitrogen and oxygen atoms in total. The first-order valence-corrected chi connectivity index (χ1v) is 5.63. The molecule has 0 saturated heterocycles. The summed E-state index contributed by atoms with van der Waals surface area (Å²) in [5.41, 5.74) is 1.60. The standard InChI is InChI=1S/C14H16FN/c1-14(2,3)13-10(5-4-6-12(13)15)11-7-9(11)8-16/h4-6,9,11H,7H2,1-3H3. The summed E-state index contributed by atoms with van der Waals surface area (Å²) in [6.07, 6.45) is 0.878. The number of hydrogen-bond donors (Lipinski definition) is 0. The number of nitrogens with zero attached hydrogens (tertiary/aromatic N) is 1. The fourth-order valence-corrected chi connectivity index (χ4v) is 2.32. The summed E-state index contributed by atoms with van der Waals surface area (Å²) in [5, 5.41) is 8.86. The van der Waals surface area contributed by atoms with E-state index in [0.29, 0.717) is 0 Å². The summed E-state index contributed by atoms with van der Waals surface area (Å²) in [5.74, 6) is 0.186. The van der Waals surface area contributed by atoms with Gasteiger partial charge in [0.15, 0.2) is 0 Å². The maximum Gasteiger partial charge on any atom is 0.127 e. The summed E-state index contributed by atoms with van der Waals surface area (Å²) < 4.78 is 13.9. The van der Waals surface area contributed by atoms with Gasteiger partial charge in [0.05, 0.1) is 12.0 Å². The van der Waals surface area contributed by atoms with Crippen LogP contribution in [0.1, 0.15) is 44.2 Å². The lowest BCUT2D eigenvalue weighted by Gasteiger charge is -2.23. The summed E-state index contributed by atoms with van der Waals surface area (Å²) in [6.45, 7) is 6.04. The van der Waals surface area contributed by atoms with E-state index in [2.05, 4.69) is 6.07 Å². The van der Waals surface area contributed by atoms with Gasteiger partial charge in [-0.1, -0.05) is 32.9 Å². The molecule has 1 fully saturated rings. The first-order chi connectivity index (χ1) is 7.45. The van der Waals surface area contributed by atoms with Crippen LogP contribution in [0.4, 0.5) is 4.39 Å². The van der Waals surface area contributed by atoms with Gasteiger partial charge in [0, 0.05) is 5.92 Å². The monoisotopic (exact) mass is 217 g/mol. The van der Waals surface area contributed by atoms with Crippen molar-refractivity contribution in [3.05, 3.63) is 35.1 Å². The normalized spacial score (nSPS) is 23.9. The molecule has 0 heterocycles. The fourth-order valence-electron chi connectivity index (χ4n) is 2.32. The Hall–Kier alpha value is -1.36. The Morgan fingerprint density at radius 3 is 2.56 bits per heavy atom. The predicted octanol–water partition coefficient (Wildman–Crippen LogP) is 3.75. The zero-order chi connectivity index (χ0) is 11.9. The molecule has 0 radical (unpaired) electrons. The van der Waals surface area contributed by atoms with Crippen molar-refractivity contribution in [2.24, 2.45) is 5.92 Å². The third kappa shape index (κ3) is 1.82. The summed E-state index contributed by atoms with van der Waals surface area (Å²) in [6, 6.07) is 7.48. The molecule has 0 aliphatic heterocycles. The second-order valence-corrected chi connectivity index (χ2v) is 5.53. The van der Waals surface area contributed by atoms with Gasteiger partial charge in [-0.15, -0.1) is 0 Å². The zero-order valence-electron chi connectivity index (χ0n) is 9.92. The smallest absolute Gasteiger partial charge is 0.127 e. The van der Waals surface area contributed by atoms with Crippen LogP contribution in [0.25, 0.3) is 0 Å². The average molecular weight is 217 g/mol. The Morgan fingerprint density at radius 2 is 2.06 bits per heavy atom. The molecule has 0 amide bonds. The van der Waals surface area contributed by atoms with Crippen molar-refractivity contribution >= 4 is 0 Å². The highest BCUT2D eigenvalue weighted by Crippen LogP contribution is 2.50. The van der Waals surface area contributed by atoms with Gasteiger partial charge in [-0.05, 0) is 29.0 Å². The maximum absolute atomic E-state index is 13.9.